The number of fused-ring (bicyclic) bond motifs is 1. The molecule has 0 saturated heterocycles. The van der Waals surface area contributed by atoms with E-state index in [9.17, 15) is 13.2 Å². The lowest BCUT2D eigenvalue weighted by Gasteiger charge is -2.09. The Bertz CT molecular complexity index is 1370. The fourth-order valence-electron chi connectivity index (χ4n) is 2.81. The lowest BCUT2D eigenvalue weighted by molar-refractivity contribution is 0.102. The fourth-order valence-corrected chi connectivity index (χ4v) is 4.87. The summed E-state index contributed by atoms with van der Waals surface area (Å²) in [5.74, 6) is 0.299. The minimum atomic E-state index is -3.82. The Morgan fingerprint density at radius 2 is 1.84 bits per heavy atom. The van der Waals surface area contributed by atoms with Crippen LogP contribution in [0.1, 0.15) is 10.4 Å². The Labute approximate surface area is 187 Å². The third-order valence-corrected chi connectivity index (χ3v) is 6.90. The highest BCUT2D eigenvalue weighted by molar-refractivity contribution is 7.92. The molecule has 7 nitrogen and oxygen atoms in total. The molecule has 1 amide bonds. The maximum Gasteiger partial charge on any atom is 0.261 e. The molecule has 0 unspecified atom stereocenters. The van der Waals surface area contributed by atoms with Crippen LogP contribution in [0.4, 0.5) is 10.8 Å². The fraction of sp³-hybridized carbons (Fsp3) is 0.0476. The van der Waals surface area contributed by atoms with E-state index in [0.717, 1.165) is 10.2 Å². The Kier molecular flexibility index (Phi) is 5.81. The number of ether oxygens (including phenoxy) is 1. The molecule has 0 atom stereocenters. The van der Waals surface area contributed by atoms with Crippen LogP contribution in [-0.4, -0.2) is 26.4 Å². The van der Waals surface area contributed by atoms with E-state index in [-0.39, 0.29) is 16.1 Å². The standard InChI is InChI=1S/C21H16ClN3O4S2/c1-29-16-7-10-18-19(12-16)30-21(23-18)24-20(26)13-3-2-4-15(11-13)25-31(27,28)17-8-5-14(22)6-9-17/h2-12,25H,1H3,(H,23,24,26). The number of aromatic nitrogens is 1. The van der Waals surface area contributed by atoms with Gasteiger partial charge in [-0.3, -0.25) is 14.8 Å². The first kappa shape index (κ1) is 21.1. The van der Waals surface area contributed by atoms with E-state index in [4.69, 9.17) is 16.3 Å². The number of amides is 1. The number of thiazole rings is 1. The highest BCUT2D eigenvalue weighted by atomic mass is 35.5. The van der Waals surface area contributed by atoms with Gasteiger partial charge in [0.25, 0.3) is 15.9 Å². The molecule has 4 rings (SSSR count). The van der Waals surface area contributed by atoms with Crippen LogP contribution < -0.4 is 14.8 Å². The summed E-state index contributed by atoms with van der Waals surface area (Å²) in [7, 11) is -2.24. The number of sulfonamides is 1. The minimum Gasteiger partial charge on any atom is -0.497 e. The number of carbonyl (C=O) groups is 1. The number of halogens is 1. The minimum absolute atomic E-state index is 0.0664. The molecule has 0 saturated carbocycles. The third kappa shape index (κ3) is 4.79. The summed E-state index contributed by atoms with van der Waals surface area (Å²) in [6.07, 6.45) is 0. The molecule has 0 spiro atoms. The molecule has 0 aliphatic heterocycles. The quantitative estimate of drug-likeness (QED) is 0.410. The molecule has 1 heterocycles. The van der Waals surface area contributed by atoms with Crippen molar-refractivity contribution >= 4 is 59.9 Å². The number of nitrogens with zero attached hydrogens (tertiary/aromatic N) is 1. The molecule has 0 bridgehead atoms. The Morgan fingerprint density at radius 3 is 2.58 bits per heavy atom. The third-order valence-electron chi connectivity index (χ3n) is 4.32. The number of anilines is 2. The summed E-state index contributed by atoms with van der Waals surface area (Å²) < 4.78 is 33.7. The zero-order chi connectivity index (χ0) is 22.0. The first-order valence-corrected chi connectivity index (χ1v) is 11.7. The van der Waals surface area contributed by atoms with Crippen molar-refractivity contribution in [3.8, 4) is 5.75 Å². The van der Waals surface area contributed by atoms with Gasteiger partial charge in [-0.1, -0.05) is 29.0 Å². The van der Waals surface area contributed by atoms with Crippen LogP contribution in [0.25, 0.3) is 10.2 Å². The van der Waals surface area contributed by atoms with E-state index in [1.54, 1.807) is 31.4 Å². The topological polar surface area (TPSA) is 97.4 Å². The van der Waals surface area contributed by atoms with Gasteiger partial charge in [-0.2, -0.15) is 0 Å². The van der Waals surface area contributed by atoms with Gasteiger partial charge in [0, 0.05) is 16.3 Å². The van der Waals surface area contributed by atoms with Gasteiger partial charge in [0.15, 0.2) is 5.13 Å². The van der Waals surface area contributed by atoms with Crippen molar-refractivity contribution in [2.24, 2.45) is 0 Å². The molecule has 0 fully saturated rings. The average molecular weight is 474 g/mol. The van der Waals surface area contributed by atoms with Crippen molar-refractivity contribution in [3.63, 3.8) is 0 Å². The molecule has 2 N–H and O–H groups in total. The molecule has 0 aliphatic carbocycles. The normalized spacial score (nSPS) is 11.3. The van der Waals surface area contributed by atoms with Gasteiger partial charge in [0.05, 0.1) is 22.2 Å². The largest absolute Gasteiger partial charge is 0.497 e. The van der Waals surface area contributed by atoms with Gasteiger partial charge in [-0.15, -0.1) is 0 Å². The van der Waals surface area contributed by atoms with E-state index in [2.05, 4.69) is 15.0 Å². The van der Waals surface area contributed by atoms with Crippen molar-refractivity contribution in [1.82, 2.24) is 4.98 Å². The SMILES string of the molecule is COc1ccc2nc(NC(=O)c3cccc(NS(=O)(=O)c4ccc(Cl)cc4)c3)sc2c1. The monoisotopic (exact) mass is 473 g/mol. The highest BCUT2D eigenvalue weighted by Crippen LogP contribution is 2.29. The maximum absolute atomic E-state index is 12.7. The lowest BCUT2D eigenvalue weighted by atomic mass is 10.2. The zero-order valence-corrected chi connectivity index (χ0v) is 18.5. The molecule has 4 aromatic rings. The number of benzene rings is 3. The number of hydrogen-bond donors (Lipinski definition) is 2. The van der Waals surface area contributed by atoms with Crippen LogP contribution >= 0.6 is 22.9 Å². The van der Waals surface area contributed by atoms with Gasteiger partial charge in [0.2, 0.25) is 0 Å². The molecule has 10 heteroatoms. The Morgan fingerprint density at radius 1 is 1.06 bits per heavy atom. The molecular weight excluding hydrogens is 458 g/mol. The van der Waals surface area contributed by atoms with E-state index in [0.29, 0.717) is 15.9 Å². The number of methoxy groups -OCH3 is 1. The van der Waals surface area contributed by atoms with Crippen molar-refractivity contribution < 1.29 is 17.9 Å². The summed E-state index contributed by atoms with van der Waals surface area (Å²) in [6, 6.07) is 17.5. The summed E-state index contributed by atoms with van der Waals surface area (Å²) >= 11 is 7.13. The smallest absolute Gasteiger partial charge is 0.261 e. The van der Waals surface area contributed by atoms with Crippen LogP contribution in [0.3, 0.4) is 0 Å². The number of hydrogen-bond acceptors (Lipinski definition) is 6. The van der Waals surface area contributed by atoms with Crippen LogP contribution in [0.5, 0.6) is 5.75 Å². The summed E-state index contributed by atoms with van der Waals surface area (Å²) in [4.78, 5) is 17.1. The molecule has 0 radical (unpaired) electrons. The second-order valence-corrected chi connectivity index (χ2v) is 9.60. The van der Waals surface area contributed by atoms with Crippen molar-refractivity contribution in [3.05, 3.63) is 77.3 Å². The number of carbonyl (C=O) groups excluding carboxylic acids is 1. The summed E-state index contributed by atoms with van der Waals surface area (Å²) in [5.41, 5.74) is 1.29. The van der Waals surface area contributed by atoms with Crippen molar-refractivity contribution in [1.29, 1.82) is 0 Å². The number of rotatable bonds is 6. The van der Waals surface area contributed by atoms with E-state index < -0.39 is 15.9 Å². The van der Waals surface area contributed by atoms with Gasteiger partial charge in [-0.25, -0.2) is 13.4 Å². The lowest BCUT2D eigenvalue weighted by Crippen LogP contribution is -2.15. The molecular formula is C21H16ClN3O4S2. The van der Waals surface area contributed by atoms with Gasteiger partial charge in [0.1, 0.15) is 5.75 Å². The van der Waals surface area contributed by atoms with Gasteiger partial charge >= 0.3 is 0 Å². The second kappa shape index (κ2) is 8.54. The zero-order valence-electron chi connectivity index (χ0n) is 16.1. The first-order valence-electron chi connectivity index (χ1n) is 8.98. The number of nitrogens with one attached hydrogen (secondary N) is 2. The van der Waals surface area contributed by atoms with Crippen LogP contribution in [0, 0.1) is 0 Å². The van der Waals surface area contributed by atoms with Crippen LogP contribution in [0.2, 0.25) is 5.02 Å². The predicted molar refractivity (Wildman–Crippen MR) is 123 cm³/mol. The Hall–Kier alpha value is -3.14. The van der Waals surface area contributed by atoms with Gasteiger partial charge in [-0.05, 0) is 60.7 Å². The average Bonchev–Trinajstić information content (AvgIpc) is 3.15. The first-order chi connectivity index (χ1) is 14.8. The van der Waals surface area contributed by atoms with Crippen LogP contribution in [-0.2, 0) is 10.0 Å². The maximum atomic E-state index is 12.7. The summed E-state index contributed by atoms with van der Waals surface area (Å²) in [5, 5.41) is 3.62. The van der Waals surface area contributed by atoms with E-state index in [1.807, 2.05) is 12.1 Å². The molecule has 158 valence electrons. The van der Waals surface area contributed by atoms with Crippen LogP contribution in [0.15, 0.2) is 71.6 Å². The van der Waals surface area contributed by atoms with Crippen molar-refractivity contribution in [2.75, 3.05) is 17.1 Å². The second-order valence-electron chi connectivity index (χ2n) is 6.45. The van der Waals surface area contributed by atoms with Gasteiger partial charge < -0.3 is 4.74 Å². The Balaban J connectivity index is 1.52. The molecule has 31 heavy (non-hydrogen) atoms. The molecule has 1 aromatic heterocycles. The van der Waals surface area contributed by atoms with Crippen molar-refractivity contribution in [2.45, 2.75) is 4.90 Å². The summed E-state index contributed by atoms with van der Waals surface area (Å²) in [6.45, 7) is 0. The van der Waals surface area contributed by atoms with E-state index in [1.165, 1.54) is 41.7 Å². The highest BCUT2D eigenvalue weighted by Gasteiger charge is 2.16. The van der Waals surface area contributed by atoms with E-state index >= 15 is 0 Å². The predicted octanol–water partition coefficient (Wildman–Crippen LogP) is 5.01. The molecule has 3 aromatic carbocycles. The molecule has 0 aliphatic rings.